The molecule has 17 atom stereocenters. The van der Waals surface area contributed by atoms with Crippen LogP contribution >= 0.6 is 0 Å². The molecule has 12 N–H and O–H groups in total. The third kappa shape index (κ3) is 33.9. The molecule has 3 fully saturated rings. The van der Waals surface area contributed by atoms with E-state index in [-0.39, 0.29) is 12.3 Å². The van der Waals surface area contributed by atoms with Crippen LogP contribution < -0.4 is 5.32 Å². The molecule has 0 aromatic rings. The summed E-state index contributed by atoms with van der Waals surface area (Å²) in [5.41, 5.74) is 0. The van der Waals surface area contributed by atoms with Gasteiger partial charge in [-0.3, -0.25) is 4.79 Å². The summed E-state index contributed by atoms with van der Waals surface area (Å²) < 4.78 is 34.1. The van der Waals surface area contributed by atoms with Gasteiger partial charge in [0.05, 0.1) is 38.6 Å². The van der Waals surface area contributed by atoms with Crippen molar-refractivity contribution in [1.82, 2.24) is 5.32 Å². The summed E-state index contributed by atoms with van der Waals surface area (Å²) in [5, 5.41) is 120. The van der Waals surface area contributed by atoms with Crippen molar-refractivity contribution in [1.29, 1.82) is 0 Å². The molecule has 1 amide bonds. The lowest BCUT2D eigenvalue weighted by molar-refractivity contribution is -0.379. The highest BCUT2D eigenvalue weighted by molar-refractivity contribution is 5.76. The Morgan fingerprint density at radius 2 is 0.780 bits per heavy atom. The predicted molar refractivity (Wildman–Crippen MR) is 355 cm³/mol. The van der Waals surface area contributed by atoms with E-state index in [1.807, 2.05) is 13.0 Å². The average Bonchev–Trinajstić information content (AvgIpc) is 0.878. The number of carbonyl (C=O) groups is 1. The zero-order chi connectivity index (χ0) is 66.1. The molecule has 3 rings (SSSR count). The molecule has 3 aliphatic heterocycles. The topological polar surface area (TPSA) is 307 Å². The summed E-state index contributed by atoms with van der Waals surface area (Å²) >= 11 is 0. The fraction of sp³-hybridized carbons (Fsp3) is 0.625. The lowest BCUT2D eigenvalue weighted by Gasteiger charge is -2.48. The normalized spacial score (nSPS) is 28.9. The number of aliphatic hydroxyl groups is 11. The highest BCUT2D eigenvalue weighted by Crippen LogP contribution is 2.33. The molecule has 0 aromatic carbocycles. The molecular formula is C72H113NO18. The Labute approximate surface area is 542 Å². The van der Waals surface area contributed by atoms with Gasteiger partial charge in [0, 0.05) is 6.42 Å². The van der Waals surface area contributed by atoms with E-state index < -0.39 is 131 Å². The Balaban J connectivity index is 1.35. The molecule has 0 saturated carbocycles. The van der Waals surface area contributed by atoms with Crippen LogP contribution in [0.25, 0.3) is 0 Å². The summed E-state index contributed by atoms with van der Waals surface area (Å²) in [6.45, 7) is 1.28. The maximum Gasteiger partial charge on any atom is 0.220 e. The van der Waals surface area contributed by atoms with Crippen LogP contribution in [0.15, 0.2) is 158 Å². The van der Waals surface area contributed by atoms with Gasteiger partial charge in [0.15, 0.2) is 18.9 Å². The number of aliphatic hydroxyl groups excluding tert-OH is 11. The molecule has 91 heavy (non-hydrogen) atoms. The number of hydrogen-bond acceptors (Lipinski definition) is 18. The first-order valence-corrected chi connectivity index (χ1v) is 33.2. The Bertz CT molecular complexity index is 2270. The highest BCUT2D eigenvalue weighted by atomic mass is 16.8. The number of unbranched alkanes of at least 4 members (excludes halogenated alkanes) is 8. The van der Waals surface area contributed by atoms with E-state index in [1.54, 1.807) is 12.2 Å². The van der Waals surface area contributed by atoms with Crippen molar-refractivity contribution in [2.24, 2.45) is 0 Å². The lowest BCUT2D eigenvalue weighted by atomic mass is 9.96. The molecule has 17 unspecified atom stereocenters. The number of ether oxygens (including phenoxy) is 6. The van der Waals surface area contributed by atoms with Gasteiger partial charge in [-0.05, 0) is 116 Å². The smallest absolute Gasteiger partial charge is 0.220 e. The monoisotopic (exact) mass is 1280 g/mol. The first kappa shape index (κ1) is 80.6. The van der Waals surface area contributed by atoms with Crippen LogP contribution in [0.1, 0.15) is 155 Å². The minimum absolute atomic E-state index is 0.203. The zero-order valence-electron chi connectivity index (χ0n) is 54.0. The Kier molecular flexibility index (Phi) is 45.9. The number of allylic oxidation sites excluding steroid dienone is 25. The number of amides is 1. The van der Waals surface area contributed by atoms with E-state index in [0.717, 1.165) is 122 Å². The average molecular weight is 1280 g/mol. The maximum absolute atomic E-state index is 13.3. The number of carbonyl (C=O) groups excluding carboxylic acids is 1. The van der Waals surface area contributed by atoms with E-state index in [9.17, 15) is 61.0 Å². The van der Waals surface area contributed by atoms with Crippen LogP contribution in [0, 0.1) is 0 Å². The molecule has 0 bridgehead atoms. The minimum atomic E-state index is -1.99. The molecular weight excluding hydrogens is 1170 g/mol. The first-order valence-electron chi connectivity index (χ1n) is 33.2. The molecule has 3 aliphatic rings. The molecule has 0 aliphatic carbocycles. The third-order valence-electron chi connectivity index (χ3n) is 15.4. The van der Waals surface area contributed by atoms with Crippen molar-refractivity contribution in [2.45, 2.75) is 259 Å². The molecule has 3 heterocycles. The second-order valence-corrected chi connectivity index (χ2v) is 22.8. The zero-order valence-corrected chi connectivity index (χ0v) is 54.0. The summed E-state index contributed by atoms with van der Waals surface area (Å²) in [7, 11) is 0. The van der Waals surface area contributed by atoms with Gasteiger partial charge in [-0.15, -0.1) is 0 Å². The van der Waals surface area contributed by atoms with Crippen molar-refractivity contribution in [2.75, 3.05) is 26.4 Å². The van der Waals surface area contributed by atoms with Crippen LogP contribution in [0.5, 0.6) is 0 Å². The highest BCUT2D eigenvalue weighted by Gasteiger charge is 2.53. The van der Waals surface area contributed by atoms with Gasteiger partial charge < -0.3 is 89.9 Å². The molecule has 19 nitrogen and oxygen atoms in total. The maximum atomic E-state index is 13.3. The predicted octanol–water partition coefficient (Wildman–Crippen LogP) is 8.15. The number of nitrogens with one attached hydrogen (secondary N) is 1. The second-order valence-electron chi connectivity index (χ2n) is 22.8. The Morgan fingerprint density at radius 3 is 1.23 bits per heavy atom. The summed E-state index contributed by atoms with van der Waals surface area (Å²) in [6.07, 6.45) is 48.5. The van der Waals surface area contributed by atoms with Gasteiger partial charge in [0.2, 0.25) is 5.91 Å². The van der Waals surface area contributed by atoms with Crippen LogP contribution in [0.3, 0.4) is 0 Å². The Hall–Kier alpha value is -4.59. The van der Waals surface area contributed by atoms with Gasteiger partial charge in [-0.1, -0.05) is 191 Å². The number of rotatable bonds is 47. The van der Waals surface area contributed by atoms with Crippen LogP contribution in [-0.2, 0) is 33.2 Å². The molecule has 3 saturated heterocycles. The van der Waals surface area contributed by atoms with Crippen molar-refractivity contribution in [3.8, 4) is 0 Å². The van der Waals surface area contributed by atoms with Gasteiger partial charge >= 0.3 is 0 Å². The molecule has 0 aromatic heterocycles. The number of hydrogen-bond donors (Lipinski definition) is 12. The standard InChI is InChI=1S/C72H113NO18/c1-3-5-7-9-11-13-14-15-16-17-18-19-20-21-22-23-24-25-26-27-28-29-30-31-32-33-34-35-36-37-38-39-40-42-44-46-48-50-60(78)73-55(56(77)49-47-45-43-41-12-10-8-6-4-2)54-86-70-66(84)63(81)68(58(52-75)88-70)91-72-67(85)64(82)69(59(53-76)89-72)90-71-65(83)62(80)61(79)57(51-74)87-71/h4-7,11-13,15-16,18-19,21-22,24-25,27-28,30-31,33-34,36-37,41,47,49,55-59,61-72,74-77,79-85H,3,8-10,14,17,20,23,26,29,32,35,38-40,42-46,48,50-54H2,1-2H3,(H,73,78)/b6-4+,7-5-,13-11-,16-15-,19-18-,22-21-,25-24-,28-27-,31-30-,34-33-,37-36-,41-12+,49-47+. The van der Waals surface area contributed by atoms with Crippen molar-refractivity contribution < 1.29 is 89.4 Å². The van der Waals surface area contributed by atoms with Crippen molar-refractivity contribution in [3.05, 3.63) is 158 Å². The first-order chi connectivity index (χ1) is 44.3. The fourth-order valence-corrected chi connectivity index (χ4v) is 10.0. The van der Waals surface area contributed by atoms with E-state index in [4.69, 9.17) is 28.4 Å². The van der Waals surface area contributed by atoms with Crippen molar-refractivity contribution >= 4 is 5.91 Å². The second kappa shape index (κ2) is 51.8. The minimum Gasteiger partial charge on any atom is -0.394 e. The summed E-state index contributed by atoms with van der Waals surface area (Å²) in [5.74, 6) is -0.317. The van der Waals surface area contributed by atoms with E-state index >= 15 is 0 Å². The molecule has 0 spiro atoms. The van der Waals surface area contributed by atoms with Crippen LogP contribution in [-0.4, -0.2) is 193 Å². The quantitative estimate of drug-likeness (QED) is 0.0202. The van der Waals surface area contributed by atoms with Crippen molar-refractivity contribution in [3.63, 3.8) is 0 Å². The largest absolute Gasteiger partial charge is 0.394 e. The van der Waals surface area contributed by atoms with Crippen LogP contribution in [0.2, 0.25) is 0 Å². The van der Waals surface area contributed by atoms with E-state index in [1.165, 1.54) is 0 Å². The lowest BCUT2D eigenvalue weighted by Crippen LogP contribution is -2.66. The molecule has 19 heteroatoms. The molecule has 514 valence electrons. The SMILES string of the molecule is C/C=C/CC/C=C/CC/C=C/C(O)C(COC1OC(CO)C(OC2OC(CO)C(OC3OC(CO)C(O)C(O)C3O)C(O)C2O)C(O)C1O)NC(=O)CCCCCCCC/C=C\C/C=C\C/C=C\C/C=C\C/C=C\C/C=C\C/C=C\C/C=C\C/C=C\C/C=C\CC. The van der Waals surface area contributed by atoms with Gasteiger partial charge in [-0.2, -0.15) is 0 Å². The Morgan fingerprint density at radius 1 is 0.418 bits per heavy atom. The summed E-state index contributed by atoms with van der Waals surface area (Å²) in [4.78, 5) is 13.3. The van der Waals surface area contributed by atoms with Gasteiger partial charge in [0.25, 0.3) is 0 Å². The van der Waals surface area contributed by atoms with Crippen LogP contribution in [0.4, 0.5) is 0 Å². The molecule has 0 radical (unpaired) electrons. The van der Waals surface area contributed by atoms with E-state index in [2.05, 4.69) is 152 Å². The van der Waals surface area contributed by atoms with Gasteiger partial charge in [-0.25, -0.2) is 0 Å². The third-order valence-corrected chi connectivity index (χ3v) is 15.4. The van der Waals surface area contributed by atoms with Gasteiger partial charge in [0.1, 0.15) is 73.2 Å². The van der Waals surface area contributed by atoms with E-state index in [0.29, 0.717) is 12.8 Å². The summed E-state index contributed by atoms with van der Waals surface area (Å²) in [6, 6.07) is -1.01. The fourth-order valence-electron chi connectivity index (χ4n) is 10.0.